The molecule has 4 rings (SSSR count). The third-order valence-corrected chi connectivity index (χ3v) is 4.99. The number of esters is 1. The lowest BCUT2D eigenvalue weighted by Crippen LogP contribution is -3.15. The number of aromatic amines is 1. The predicted octanol–water partition coefficient (Wildman–Crippen LogP) is 0.606. The largest absolute Gasteiger partial charge is 0.465 e. The Balaban J connectivity index is 1.69. The van der Waals surface area contributed by atoms with Crippen molar-refractivity contribution >= 4 is 16.9 Å². The van der Waals surface area contributed by atoms with E-state index in [-0.39, 0.29) is 17.6 Å². The van der Waals surface area contributed by atoms with Crippen molar-refractivity contribution in [3.63, 3.8) is 0 Å². The molecule has 1 aromatic heterocycles. The van der Waals surface area contributed by atoms with Crippen molar-refractivity contribution in [1.82, 2.24) is 9.97 Å². The first-order chi connectivity index (χ1) is 12.7. The van der Waals surface area contributed by atoms with E-state index >= 15 is 0 Å². The van der Waals surface area contributed by atoms with E-state index in [0.29, 0.717) is 36.2 Å². The molecule has 0 fully saturated rings. The number of ether oxygens (including phenoxy) is 1. The molecule has 2 heterocycles. The van der Waals surface area contributed by atoms with Gasteiger partial charge in [-0.2, -0.15) is 0 Å². The van der Waals surface area contributed by atoms with Gasteiger partial charge >= 0.3 is 5.97 Å². The number of benzene rings is 2. The van der Waals surface area contributed by atoms with Crippen LogP contribution in [0.15, 0.2) is 53.3 Å². The van der Waals surface area contributed by atoms with E-state index in [1.165, 1.54) is 18.2 Å². The van der Waals surface area contributed by atoms with Crippen LogP contribution in [-0.4, -0.2) is 29.1 Å². The molecule has 0 saturated heterocycles. The monoisotopic (exact) mass is 350 g/mol. The lowest BCUT2D eigenvalue weighted by atomic mass is 9.94. The molecule has 0 radical (unpaired) electrons. The van der Waals surface area contributed by atoms with Crippen LogP contribution < -0.4 is 10.5 Å². The number of fused-ring (bicyclic) bond motifs is 2. The fourth-order valence-electron chi connectivity index (χ4n) is 3.67. The molecular weight excluding hydrogens is 330 g/mol. The Morgan fingerprint density at radius 1 is 1.19 bits per heavy atom. The zero-order chi connectivity index (χ0) is 18.1. The number of rotatable bonds is 3. The van der Waals surface area contributed by atoms with Crippen molar-refractivity contribution in [2.75, 3.05) is 7.11 Å². The van der Waals surface area contributed by atoms with Gasteiger partial charge in [0.25, 0.3) is 5.56 Å². The summed E-state index contributed by atoms with van der Waals surface area (Å²) in [5.41, 5.74) is 2.90. The molecule has 1 aliphatic rings. The van der Waals surface area contributed by atoms with E-state index in [2.05, 4.69) is 22.1 Å². The molecular formula is C20H20N3O3+. The van der Waals surface area contributed by atoms with Crippen LogP contribution in [0.3, 0.4) is 0 Å². The molecule has 0 bridgehead atoms. The van der Waals surface area contributed by atoms with E-state index in [0.717, 1.165) is 4.90 Å². The highest BCUT2D eigenvalue weighted by molar-refractivity contribution is 5.77. The molecule has 2 atom stereocenters. The summed E-state index contributed by atoms with van der Waals surface area (Å²) in [6.45, 7) is 1.14. The van der Waals surface area contributed by atoms with E-state index in [1.807, 2.05) is 30.3 Å². The zero-order valence-corrected chi connectivity index (χ0v) is 14.5. The second kappa shape index (κ2) is 6.72. The summed E-state index contributed by atoms with van der Waals surface area (Å²) in [6.07, 6.45) is 0.621. The van der Waals surface area contributed by atoms with E-state index in [1.54, 1.807) is 6.07 Å². The lowest BCUT2D eigenvalue weighted by molar-refractivity contribution is -0.946. The summed E-state index contributed by atoms with van der Waals surface area (Å²) in [5, 5.41) is 0.569. The molecule has 0 saturated carbocycles. The molecule has 1 unspecified atom stereocenters. The van der Waals surface area contributed by atoms with Crippen LogP contribution in [0, 0.1) is 0 Å². The van der Waals surface area contributed by atoms with Crippen molar-refractivity contribution in [1.29, 1.82) is 0 Å². The topological polar surface area (TPSA) is 76.5 Å². The predicted molar refractivity (Wildman–Crippen MR) is 96.7 cm³/mol. The van der Waals surface area contributed by atoms with Crippen LogP contribution >= 0.6 is 0 Å². The normalized spacial score (nSPS) is 19.1. The van der Waals surface area contributed by atoms with Crippen molar-refractivity contribution in [3.8, 4) is 0 Å². The Morgan fingerprint density at radius 2 is 1.92 bits per heavy atom. The third kappa shape index (κ3) is 2.99. The van der Waals surface area contributed by atoms with Gasteiger partial charge in [-0.3, -0.25) is 4.79 Å². The van der Waals surface area contributed by atoms with Crippen LogP contribution in [-0.2, 0) is 29.0 Å². The standard InChI is InChI=1S/C20H19N3O3/c1-26-20(25)17-10-13-6-2-3-7-14(13)11-23(17)12-18-21-16-9-5-4-8-15(16)19(24)22-18/h2-9,17H,10-12H2,1H3,(H,21,22,24)/p+1/t17-/m1/s1. The number of hydrogen-bond donors (Lipinski definition) is 2. The van der Waals surface area contributed by atoms with Gasteiger partial charge in [-0.05, 0) is 17.7 Å². The SMILES string of the molecule is COC(=O)[C@H]1Cc2ccccc2C[NH+]1Cc1nc2ccccc2c(=O)[nH]1. The highest BCUT2D eigenvalue weighted by Crippen LogP contribution is 2.15. The zero-order valence-electron chi connectivity index (χ0n) is 14.5. The number of methoxy groups -OCH3 is 1. The molecule has 26 heavy (non-hydrogen) atoms. The maximum atomic E-state index is 12.3. The molecule has 2 aromatic carbocycles. The molecule has 3 aromatic rings. The number of H-pyrrole nitrogens is 1. The number of para-hydroxylation sites is 1. The average molecular weight is 350 g/mol. The minimum atomic E-state index is -0.313. The maximum Gasteiger partial charge on any atom is 0.365 e. The smallest absolute Gasteiger partial charge is 0.365 e. The Morgan fingerprint density at radius 3 is 2.73 bits per heavy atom. The van der Waals surface area contributed by atoms with Crippen LogP contribution in [0.1, 0.15) is 17.0 Å². The Hall–Kier alpha value is -2.99. The molecule has 1 aliphatic heterocycles. The summed E-state index contributed by atoms with van der Waals surface area (Å²) in [7, 11) is 1.41. The van der Waals surface area contributed by atoms with Gasteiger partial charge in [0.15, 0.2) is 11.9 Å². The second-order valence-electron chi connectivity index (χ2n) is 6.59. The fourth-order valence-corrected chi connectivity index (χ4v) is 3.67. The average Bonchev–Trinajstić information content (AvgIpc) is 2.67. The second-order valence-corrected chi connectivity index (χ2v) is 6.59. The van der Waals surface area contributed by atoms with Crippen LogP contribution in [0.4, 0.5) is 0 Å². The quantitative estimate of drug-likeness (QED) is 0.679. The van der Waals surface area contributed by atoms with Gasteiger partial charge in [0.05, 0.1) is 18.0 Å². The van der Waals surface area contributed by atoms with Crippen LogP contribution in [0.5, 0.6) is 0 Å². The number of carbonyl (C=O) groups is 1. The van der Waals surface area contributed by atoms with E-state index in [4.69, 9.17) is 4.74 Å². The van der Waals surface area contributed by atoms with Crippen molar-refractivity contribution in [2.24, 2.45) is 0 Å². The van der Waals surface area contributed by atoms with Gasteiger partial charge in [-0.25, -0.2) is 9.78 Å². The number of carbonyl (C=O) groups excluding carboxylic acids is 1. The molecule has 0 aliphatic carbocycles. The third-order valence-electron chi connectivity index (χ3n) is 4.99. The molecule has 132 valence electrons. The summed E-state index contributed by atoms with van der Waals surface area (Å²) < 4.78 is 5.01. The van der Waals surface area contributed by atoms with Gasteiger partial charge in [0.1, 0.15) is 13.1 Å². The van der Waals surface area contributed by atoms with Gasteiger partial charge < -0.3 is 14.6 Å². The highest BCUT2D eigenvalue weighted by Gasteiger charge is 2.36. The fraction of sp³-hybridized carbons (Fsp3) is 0.250. The lowest BCUT2D eigenvalue weighted by Gasteiger charge is -2.31. The number of nitrogens with zero attached hydrogens (tertiary/aromatic N) is 1. The summed E-state index contributed by atoms with van der Waals surface area (Å²) in [4.78, 5) is 33.1. The Bertz CT molecular complexity index is 1030. The first-order valence-corrected chi connectivity index (χ1v) is 8.63. The van der Waals surface area contributed by atoms with Crippen LogP contribution in [0.2, 0.25) is 0 Å². The number of nitrogens with one attached hydrogen (secondary N) is 2. The molecule has 6 heteroatoms. The van der Waals surface area contributed by atoms with Gasteiger partial charge in [-0.15, -0.1) is 0 Å². The minimum Gasteiger partial charge on any atom is -0.465 e. The first kappa shape index (κ1) is 16.5. The first-order valence-electron chi connectivity index (χ1n) is 8.63. The number of quaternary nitrogens is 1. The highest BCUT2D eigenvalue weighted by atomic mass is 16.5. The van der Waals surface area contributed by atoms with Gasteiger partial charge in [-0.1, -0.05) is 36.4 Å². The molecule has 2 N–H and O–H groups in total. The number of hydrogen-bond acceptors (Lipinski definition) is 4. The summed E-state index contributed by atoms with van der Waals surface area (Å²) in [6, 6.07) is 15.1. The summed E-state index contributed by atoms with van der Waals surface area (Å²) in [5.74, 6) is 0.342. The molecule has 0 spiro atoms. The minimum absolute atomic E-state index is 0.156. The molecule has 6 nitrogen and oxygen atoms in total. The maximum absolute atomic E-state index is 12.3. The number of aromatic nitrogens is 2. The summed E-state index contributed by atoms with van der Waals surface area (Å²) >= 11 is 0. The Labute approximate surface area is 150 Å². The van der Waals surface area contributed by atoms with Gasteiger partial charge in [0, 0.05) is 12.0 Å². The van der Waals surface area contributed by atoms with E-state index < -0.39 is 0 Å². The Kier molecular flexibility index (Phi) is 4.26. The van der Waals surface area contributed by atoms with E-state index in [9.17, 15) is 9.59 Å². The van der Waals surface area contributed by atoms with Crippen molar-refractivity contribution < 1.29 is 14.4 Å². The van der Waals surface area contributed by atoms with Crippen molar-refractivity contribution in [2.45, 2.75) is 25.6 Å². The molecule has 0 amide bonds. The van der Waals surface area contributed by atoms with Crippen molar-refractivity contribution in [3.05, 3.63) is 75.8 Å². The van der Waals surface area contributed by atoms with Gasteiger partial charge in [0.2, 0.25) is 0 Å². The van der Waals surface area contributed by atoms with Crippen LogP contribution in [0.25, 0.3) is 10.9 Å².